The van der Waals surface area contributed by atoms with Crippen molar-refractivity contribution in [1.29, 1.82) is 0 Å². The van der Waals surface area contributed by atoms with Crippen LogP contribution in [-0.2, 0) is 6.42 Å². The fraction of sp³-hybridized carbons (Fsp3) is 0.700. The Morgan fingerprint density at radius 2 is 2.23 bits per heavy atom. The molecular weight excluding hydrogens is 246 g/mol. The van der Waals surface area contributed by atoms with Gasteiger partial charge in [-0.3, -0.25) is 0 Å². The third-order valence-electron chi connectivity index (χ3n) is 2.96. The highest BCUT2D eigenvalue weighted by molar-refractivity contribution is 9.09. The maximum atomic E-state index is 4.37. The van der Waals surface area contributed by atoms with Crippen LogP contribution >= 0.6 is 27.3 Å². The Balaban J connectivity index is 2.06. The molecule has 1 aliphatic rings. The van der Waals surface area contributed by atoms with Crippen molar-refractivity contribution in [1.82, 2.24) is 4.98 Å². The second kappa shape index (κ2) is 4.09. The Labute approximate surface area is 91.7 Å². The molecule has 1 aromatic rings. The lowest BCUT2D eigenvalue weighted by Crippen LogP contribution is -2.21. The van der Waals surface area contributed by atoms with Gasteiger partial charge in [-0.15, -0.1) is 11.3 Å². The van der Waals surface area contributed by atoms with Crippen molar-refractivity contribution in [3.05, 3.63) is 16.6 Å². The minimum Gasteiger partial charge on any atom is -0.250 e. The molecule has 1 fully saturated rings. The van der Waals surface area contributed by atoms with Crippen LogP contribution < -0.4 is 0 Å². The SMILES string of the molecule is BrCC1(Cc2nccs2)CCCC1. The summed E-state index contributed by atoms with van der Waals surface area (Å²) in [5, 5.41) is 4.52. The lowest BCUT2D eigenvalue weighted by atomic mass is 9.85. The molecule has 1 aliphatic carbocycles. The van der Waals surface area contributed by atoms with E-state index in [-0.39, 0.29) is 0 Å². The fourth-order valence-electron chi connectivity index (χ4n) is 2.14. The van der Waals surface area contributed by atoms with E-state index >= 15 is 0 Å². The highest BCUT2D eigenvalue weighted by atomic mass is 79.9. The third-order valence-corrected chi connectivity index (χ3v) is 4.93. The first-order valence-electron chi connectivity index (χ1n) is 4.79. The topological polar surface area (TPSA) is 12.9 Å². The van der Waals surface area contributed by atoms with E-state index in [1.165, 1.54) is 37.1 Å². The van der Waals surface area contributed by atoms with Gasteiger partial charge in [-0.05, 0) is 18.3 Å². The number of thiazole rings is 1. The predicted octanol–water partition coefficient (Wildman–Crippen LogP) is 3.64. The molecule has 1 nitrogen and oxygen atoms in total. The van der Waals surface area contributed by atoms with Gasteiger partial charge in [-0.2, -0.15) is 0 Å². The van der Waals surface area contributed by atoms with Crippen molar-refractivity contribution < 1.29 is 0 Å². The average molecular weight is 260 g/mol. The molecule has 0 amide bonds. The van der Waals surface area contributed by atoms with E-state index in [0.29, 0.717) is 5.41 Å². The molecule has 1 heterocycles. The van der Waals surface area contributed by atoms with E-state index in [9.17, 15) is 0 Å². The maximum absolute atomic E-state index is 4.37. The number of halogens is 1. The summed E-state index contributed by atoms with van der Waals surface area (Å²) in [4.78, 5) is 4.37. The maximum Gasteiger partial charge on any atom is 0.0930 e. The molecule has 72 valence electrons. The van der Waals surface area contributed by atoms with Crippen LogP contribution in [0.15, 0.2) is 11.6 Å². The second-order valence-corrected chi connectivity index (χ2v) is 5.48. The third kappa shape index (κ3) is 2.13. The van der Waals surface area contributed by atoms with Crippen molar-refractivity contribution in [2.75, 3.05) is 5.33 Å². The lowest BCUT2D eigenvalue weighted by molar-refractivity contribution is 0.346. The molecule has 0 atom stereocenters. The molecule has 2 rings (SSSR count). The minimum absolute atomic E-state index is 0.526. The summed E-state index contributed by atoms with van der Waals surface area (Å²) in [5.74, 6) is 0. The van der Waals surface area contributed by atoms with E-state index in [1.807, 2.05) is 6.20 Å². The number of aromatic nitrogens is 1. The van der Waals surface area contributed by atoms with Gasteiger partial charge in [0.05, 0.1) is 5.01 Å². The van der Waals surface area contributed by atoms with E-state index in [1.54, 1.807) is 11.3 Å². The summed E-state index contributed by atoms with van der Waals surface area (Å²) in [7, 11) is 0. The number of alkyl halides is 1. The molecule has 0 N–H and O–H groups in total. The monoisotopic (exact) mass is 259 g/mol. The Morgan fingerprint density at radius 1 is 1.46 bits per heavy atom. The Kier molecular flexibility index (Phi) is 3.04. The average Bonchev–Trinajstić information content (AvgIpc) is 2.77. The minimum atomic E-state index is 0.526. The van der Waals surface area contributed by atoms with Crippen LogP contribution in [0.1, 0.15) is 30.7 Å². The number of hydrogen-bond acceptors (Lipinski definition) is 2. The number of hydrogen-bond donors (Lipinski definition) is 0. The van der Waals surface area contributed by atoms with Gasteiger partial charge in [0.25, 0.3) is 0 Å². The molecule has 13 heavy (non-hydrogen) atoms. The van der Waals surface area contributed by atoms with Gasteiger partial charge in [0, 0.05) is 23.3 Å². The van der Waals surface area contributed by atoms with Gasteiger partial charge >= 0.3 is 0 Å². The normalized spacial score (nSPS) is 20.7. The van der Waals surface area contributed by atoms with E-state index in [0.717, 1.165) is 5.33 Å². The van der Waals surface area contributed by atoms with Gasteiger partial charge in [-0.1, -0.05) is 28.8 Å². The zero-order chi connectivity index (χ0) is 9.15. The summed E-state index contributed by atoms with van der Waals surface area (Å²) in [5.41, 5.74) is 0.526. The number of rotatable bonds is 3. The highest BCUT2D eigenvalue weighted by Crippen LogP contribution is 2.42. The summed E-state index contributed by atoms with van der Waals surface area (Å²) in [6.45, 7) is 0. The molecule has 3 heteroatoms. The van der Waals surface area contributed by atoms with E-state index < -0.39 is 0 Å². The molecule has 1 saturated carbocycles. The first kappa shape index (κ1) is 9.66. The van der Waals surface area contributed by atoms with Crippen LogP contribution in [0, 0.1) is 5.41 Å². The van der Waals surface area contributed by atoms with E-state index in [2.05, 4.69) is 26.3 Å². The zero-order valence-electron chi connectivity index (χ0n) is 7.63. The Bertz CT molecular complexity index is 252. The van der Waals surface area contributed by atoms with Crippen molar-refractivity contribution in [3.63, 3.8) is 0 Å². The quantitative estimate of drug-likeness (QED) is 0.756. The lowest BCUT2D eigenvalue weighted by Gasteiger charge is -2.24. The van der Waals surface area contributed by atoms with Crippen LogP contribution in [0.4, 0.5) is 0 Å². The molecule has 0 saturated heterocycles. The van der Waals surface area contributed by atoms with Crippen molar-refractivity contribution in [2.24, 2.45) is 5.41 Å². The summed E-state index contributed by atoms with van der Waals surface area (Å²) in [6.07, 6.45) is 8.64. The van der Waals surface area contributed by atoms with Crippen LogP contribution in [0.5, 0.6) is 0 Å². The highest BCUT2D eigenvalue weighted by Gasteiger charge is 2.33. The second-order valence-electron chi connectivity index (χ2n) is 3.94. The van der Waals surface area contributed by atoms with Crippen LogP contribution in [0.3, 0.4) is 0 Å². The first-order valence-corrected chi connectivity index (χ1v) is 6.79. The first-order chi connectivity index (χ1) is 6.35. The number of nitrogens with zero attached hydrogens (tertiary/aromatic N) is 1. The molecule has 0 spiro atoms. The summed E-state index contributed by atoms with van der Waals surface area (Å²) in [6, 6.07) is 0. The Morgan fingerprint density at radius 3 is 2.77 bits per heavy atom. The van der Waals surface area contributed by atoms with Crippen molar-refractivity contribution in [2.45, 2.75) is 32.1 Å². The molecule has 0 aliphatic heterocycles. The van der Waals surface area contributed by atoms with Crippen LogP contribution in [0.25, 0.3) is 0 Å². The fourth-order valence-corrected chi connectivity index (χ4v) is 3.69. The van der Waals surface area contributed by atoms with Crippen molar-refractivity contribution >= 4 is 27.3 Å². The van der Waals surface area contributed by atoms with Crippen LogP contribution in [-0.4, -0.2) is 10.3 Å². The molecule has 0 bridgehead atoms. The van der Waals surface area contributed by atoms with E-state index in [4.69, 9.17) is 0 Å². The standard InChI is InChI=1S/C10H14BrNS/c11-8-10(3-1-2-4-10)7-9-12-5-6-13-9/h5-6H,1-4,7-8H2. The van der Waals surface area contributed by atoms with Gasteiger partial charge in [0.1, 0.15) is 0 Å². The summed E-state index contributed by atoms with van der Waals surface area (Å²) < 4.78 is 0. The molecule has 0 unspecified atom stereocenters. The van der Waals surface area contributed by atoms with Gasteiger partial charge in [0.2, 0.25) is 0 Å². The predicted molar refractivity (Wildman–Crippen MR) is 60.5 cm³/mol. The molecule has 1 aromatic heterocycles. The van der Waals surface area contributed by atoms with Gasteiger partial charge < -0.3 is 0 Å². The smallest absolute Gasteiger partial charge is 0.0930 e. The van der Waals surface area contributed by atoms with Gasteiger partial charge in [0.15, 0.2) is 0 Å². The van der Waals surface area contributed by atoms with Crippen molar-refractivity contribution in [3.8, 4) is 0 Å². The molecule has 0 aromatic carbocycles. The summed E-state index contributed by atoms with van der Waals surface area (Å²) >= 11 is 5.45. The Hall–Kier alpha value is 0.110. The largest absolute Gasteiger partial charge is 0.250 e. The van der Waals surface area contributed by atoms with Gasteiger partial charge in [-0.25, -0.2) is 4.98 Å². The van der Waals surface area contributed by atoms with Crippen LogP contribution in [0.2, 0.25) is 0 Å². The molecule has 0 radical (unpaired) electrons. The molecular formula is C10H14BrNS. The zero-order valence-corrected chi connectivity index (χ0v) is 10.0.